The van der Waals surface area contributed by atoms with Gasteiger partial charge in [0.2, 0.25) is 5.91 Å². The van der Waals surface area contributed by atoms with Crippen LogP contribution < -0.4 is 5.32 Å². The zero-order chi connectivity index (χ0) is 13.9. The van der Waals surface area contributed by atoms with Crippen LogP contribution in [0.1, 0.15) is 25.7 Å². The molecular weight excluding hydrogens is 266 g/mol. The maximum atomic E-state index is 12.0. The van der Waals surface area contributed by atoms with Crippen molar-refractivity contribution in [3.63, 3.8) is 0 Å². The Balaban J connectivity index is 2.09. The number of benzene rings is 1. The molecule has 5 heteroatoms. The lowest BCUT2D eigenvalue weighted by Gasteiger charge is -2.20. The Morgan fingerprint density at radius 1 is 1.42 bits per heavy atom. The molecule has 0 aliphatic carbocycles. The predicted molar refractivity (Wildman–Crippen MR) is 74.2 cm³/mol. The summed E-state index contributed by atoms with van der Waals surface area (Å²) in [5.74, 6) is 0.167. The van der Waals surface area contributed by atoms with Crippen molar-refractivity contribution in [2.75, 3.05) is 24.4 Å². The highest BCUT2D eigenvalue weighted by Crippen LogP contribution is 2.26. The number of anilines is 1. The van der Waals surface area contributed by atoms with E-state index in [9.17, 15) is 4.79 Å². The van der Waals surface area contributed by atoms with E-state index in [4.69, 9.17) is 21.1 Å². The molecule has 0 aromatic heterocycles. The van der Waals surface area contributed by atoms with Crippen LogP contribution in [0.2, 0.25) is 0 Å². The van der Waals surface area contributed by atoms with E-state index in [1.54, 1.807) is 0 Å². The largest absolute Gasteiger partial charge is 0.346 e. The van der Waals surface area contributed by atoms with Crippen LogP contribution in [-0.2, 0) is 14.3 Å². The van der Waals surface area contributed by atoms with Crippen LogP contribution in [0, 0.1) is 5.41 Å². The Bertz CT molecular complexity index is 456. The van der Waals surface area contributed by atoms with Gasteiger partial charge in [-0.2, -0.15) is 0 Å². The van der Waals surface area contributed by atoms with E-state index in [-0.39, 0.29) is 18.1 Å². The molecule has 1 heterocycles. The molecule has 1 aliphatic rings. The average molecular weight is 284 g/mol. The number of ether oxygens (including phenoxy) is 2. The number of alkyl halides is 1. The summed E-state index contributed by atoms with van der Waals surface area (Å²) in [6.07, 6.45) is -0.335. The number of carbonyl (C=O) groups excluding carboxylic acids is 1. The zero-order valence-electron chi connectivity index (χ0n) is 11.1. The Morgan fingerprint density at radius 2 is 2.11 bits per heavy atom. The first-order valence-corrected chi connectivity index (χ1v) is 6.77. The smallest absolute Gasteiger partial charge is 0.231 e. The van der Waals surface area contributed by atoms with E-state index in [0.29, 0.717) is 13.2 Å². The Labute approximate surface area is 118 Å². The molecule has 1 aromatic rings. The van der Waals surface area contributed by atoms with Crippen LogP contribution in [0.5, 0.6) is 0 Å². The van der Waals surface area contributed by atoms with Crippen LogP contribution in [0.15, 0.2) is 24.3 Å². The highest BCUT2D eigenvalue weighted by molar-refractivity contribution is 6.20. The fraction of sp³-hybridized carbons (Fsp3) is 0.500. The average Bonchev–Trinajstić information content (AvgIpc) is 2.93. The molecule has 0 atom stereocenters. The number of hydrogen-bond acceptors (Lipinski definition) is 3. The van der Waals surface area contributed by atoms with Crippen molar-refractivity contribution in [2.45, 2.75) is 20.1 Å². The minimum atomic E-state index is -0.599. The SMILES string of the molecule is CC(C)(CCl)C(=O)Nc1cccc(C2OCCO2)c1. The van der Waals surface area contributed by atoms with Crippen molar-refractivity contribution in [3.05, 3.63) is 29.8 Å². The molecule has 1 aliphatic heterocycles. The molecule has 19 heavy (non-hydrogen) atoms. The second-order valence-corrected chi connectivity index (χ2v) is 5.44. The quantitative estimate of drug-likeness (QED) is 0.864. The predicted octanol–water partition coefficient (Wildman–Crippen LogP) is 2.94. The number of amides is 1. The molecule has 0 saturated carbocycles. The van der Waals surface area contributed by atoms with E-state index >= 15 is 0 Å². The maximum absolute atomic E-state index is 12.0. The van der Waals surface area contributed by atoms with Gasteiger partial charge in [0.1, 0.15) is 0 Å². The molecule has 0 spiro atoms. The van der Waals surface area contributed by atoms with E-state index in [0.717, 1.165) is 11.3 Å². The fourth-order valence-corrected chi connectivity index (χ4v) is 1.80. The van der Waals surface area contributed by atoms with E-state index in [2.05, 4.69) is 5.32 Å². The summed E-state index contributed by atoms with van der Waals surface area (Å²) in [6, 6.07) is 7.47. The molecule has 1 amide bonds. The van der Waals surface area contributed by atoms with Gasteiger partial charge in [-0.25, -0.2) is 0 Å². The summed E-state index contributed by atoms with van der Waals surface area (Å²) in [5, 5.41) is 2.86. The van der Waals surface area contributed by atoms with Crippen LogP contribution in [0.4, 0.5) is 5.69 Å². The summed E-state index contributed by atoms with van der Waals surface area (Å²) < 4.78 is 10.9. The van der Waals surface area contributed by atoms with Gasteiger partial charge < -0.3 is 14.8 Å². The van der Waals surface area contributed by atoms with Crippen molar-refractivity contribution in [3.8, 4) is 0 Å². The van der Waals surface area contributed by atoms with Crippen molar-refractivity contribution < 1.29 is 14.3 Å². The summed E-state index contributed by atoms with van der Waals surface area (Å²) in [4.78, 5) is 12.0. The molecule has 0 radical (unpaired) electrons. The molecule has 1 saturated heterocycles. The summed E-state index contributed by atoms with van der Waals surface area (Å²) in [5.41, 5.74) is 1.02. The van der Waals surface area contributed by atoms with Crippen molar-refractivity contribution in [1.82, 2.24) is 0 Å². The van der Waals surface area contributed by atoms with Crippen molar-refractivity contribution in [1.29, 1.82) is 0 Å². The van der Waals surface area contributed by atoms with Crippen LogP contribution in [-0.4, -0.2) is 25.0 Å². The normalized spacial score (nSPS) is 16.6. The van der Waals surface area contributed by atoms with Gasteiger partial charge in [-0.15, -0.1) is 11.6 Å². The van der Waals surface area contributed by atoms with Gasteiger partial charge in [0.15, 0.2) is 6.29 Å². The molecule has 1 aromatic carbocycles. The summed E-state index contributed by atoms with van der Waals surface area (Å²) in [6.45, 7) is 4.81. The van der Waals surface area contributed by atoms with Crippen LogP contribution in [0.25, 0.3) is 0 Å². The third-order valence-corrected chi connectivity index (χ3v) is 3.66. The van der Waals surface area contributed by atoms with Gasteiger partial charge in [0.05, 0.1) is 18.6 Å². The molecular formula is C14H18ClNO3. The summed E-state index contributed by atoms with van der Waals surface area (Å²) in [7, 11) is 0. The van der Waals surface area contributed by atoms with Gasteiger partial charge >= 0.3 is 0 Å². The molecule has 4 nitrogen and oxygen atoms in total. The van der Waals surface area contributed by atoms with Gasteiger partial charge in [-0.1, -0.05) is 12.1 Å². The third-order valence-electron chi connectivity index (χ3n) is 2.99. The Kier molecular flexibility index (Phi) is 4.45. The van der Waals surface area contributed by atoms with Gasteiger partial charge in [-0.05, 0) is 26.0 Å². The monoisotopic (exact) mass is 283 g/mol. The first-order chi connectivity index (χ1) is 9.03. The Morgan fingerprint density at radius 3 is 2.74 bits per heavy atom. The van der Waals surface area contributed by atoms with Crippen LogP contribution >= 0.6 is 11.6 Å². The maximum Gasteiger partial charge on any atom is 0.231 e. The molecule has 0 bridgehead atoms. The number of rotatable bonds is 4. The lowest BCUT2D eigenvalue weighted by molar-refractivity contribution is -0.122. The highest BCUT2D eigenvalue weighted by Gasteiger charge is 2.26. The first-order valence-electron chi connectivity index (χ1n) is 6.23. The van der Waals surface area contributed by atoms with Crippen molar-refractivity contribution >= 4 is 23.2 Å². The number of halogens is 1. The number of carbonyl (C=O) groups is 1. The summed E-state index contributed by atoms with van der Waals surface area (Å²) >= 11 is 5.79. The lowest BCUT2D eigenvalue weighted by Crippen LogP contribution is -2.32. The molecule has 1 fully saturated rings. The van der Waals surface area contributed by atoms with Gasteiger partial charge in [0.25, 0.3) is 0 Å². The number of nitrogens with one attached hydrogen (secondary N) is 1. The molecule has 0 unspecified atom stereocenters. The van der Waals surface area contributed by atoms with Gasteiger partial charge in [-0.3, -0.25) is 4.79 Å². The third kappa shape index (κ3) is 3.47. The molecule has 104 valence electrons. The fourth-order valence-electron chi connectivity index (χ4n) is 1.67. The van der Waals surface area contributed by atoms with Crippen molar-refractivity contribution in [2.24, 2.45) is 5.41 Å². The second kappa shape index (κ2) is 5.90. The van der Waals surface area contributed by atoms with Gasteiger partial charge in [0, 0.05) is 17.1 Å². The number of hydrogen-bond donors (Lipinski definition) is 1. The standard InChI is InChI=1S/C14H18ClNO3/c1-14(2,9-15)13(17)16-11-5-3-4-10(8-11)12-18-6-7-19-12/h3-5,8,12H,6-7,9H2,1-2H3,(H,16,17). The van der Waals surface area contributed by atoms with E-state index in [1.165, 1.54) is 0 Å². The zero-order valence-corrected chi connectivity index (χ0v) is 11.9. The van der Waals surface area contributed by atoms with Crippen LogP contribution in [0.3, 0.4) is 0 Å². The van der Waals surface area contributed by atoms with E-state index in [1.807, 2.05) is 38.1 Å². The second-order valence-electron chi connectivity index (χ2n) is 5.17. The Hall–Kier alpha value is -1.10. The minimum Gasteiger partial charge on any atom is -0.346 e. The molecule has 2 rings (SSSR count). The minimum absolute atomic E-state index is 0.104. The molecule has 1 N–H and O–H groups in total. The highest BCUT2D eigenvalue weighted by atomic mass is 35.5. The lowest BCUT2D eigenvalue weighted by atomic mass is 9.95. The topological polar surface area (TPSA) is 47.6 Å². The first kappa shape index (κ1) is 14.3. The van der Waals surface area contributed by atoms with E-state index < -0.39 is 5.41 Å².